The Labute approximate surface area is 115 Å². The van der Waals surface area contributed by atoms with Crippen molar-refractivity contribution in [1.29, 1.82) is 0 Å². The van der Waals surface area contributed by atoms with E-state index in [0.29, 0.717) is 5.92 Å². The van der Waals surface area contributed by atoms with Crippen LogP contribution in [0.1, 0.15) is 24.8 Å². The van der Waals surface area contributed by atoms with Gasteiger partial charge in [0.2, 0.25) is 0 Å². The first kappa shape index (κ1) is 12.8. The molecule has 0 aliphatic rings. The Kier molecular flexibility index (Phi) is 4.02. The maximum atomic E-state index is 6.17. The maximum Gasteiger partial charge on any atom is 0.0413 e. The van der Waals surface area contributed by atoms with Crippen LogP contribution in [0.3, 0.4) is 0 Å². The standard InChI is InChI=1S/C14H16BrNS/c1-9(2)14(16)13-8-7-12(17-13)10-5-3-4-6-11(10)15/h3-9,14H,16H2,1-2H3. The smallest absolute Gasteiger partial charge is 0.0413 e. The van der Waals surface area contributed by atoms with Gasteiger partial charge in [-0.15, -0.1) is 11.3 Å². The van der Waals surface area contributed by atoms with E-state index in [0.717, 1.165) is 4.47 Å². The predicted octanol–water partition coefficient (Wildman–Crippen LogP) is 4.83. The molecule has 1 atom stereocenters. The average molecular weight is 310 g/mol. The second kappa shape index (κ2) is 5.34. The summed E-state index contributed by atoms with van der Waals surface area (Å²) in [5.41, 5.74) is 7.40. The molecule has 0 saturated carbocycles. The van der Waals surface area contributed by atoms with Gasteiger partial charge in [-0.3, -0.25) is 0 Å². The van der Waals surface area contributed by atoms with Crippen LogP contribution in [-0.4, -0.2) is 0 Å². The van der Waals surface area contributed by atoms with Crippen LogP contribution in [0.2, 0.25) is 0 Å². The van der Waals surface area contributed by atoms with Crippen molar-refractivity contribution >= 4 is 27.3 Å². The Morgan fingerprint density at radius 2 is 1.82 bits per heavy atom. The topological polar surface area (TPSA) is 26.0 Å². The summed E-state index contributed by atoms with van der Waals surface area (Å²) in [6.07, 6.45) is 0. The van der Waals surface area contributed by atoms with Gasteiger partial charge in [-0.2, -0.15) is 0 Å². The minimum Gasteiger partial charge on any atom is -0.323 e. The van der Waals surface area contributed by atoms with Crippen molar-refractivity contribution in [2.75, 3.05) is 0 Å². The molecule has 0 bridgehead atoms. The predicted molar refractivity (Wildman–Crippen MR) is 79.2 cm³/mol. The molecule has 0 aliphatic carbocycles. The fourth-order valence-corrected chi connectivity index (χ4v) is 3.52. The molecular formula is C14H16BrNS. The number of halogens is 1. The SMILES string of the molecule is CC(C)C(N)c1ccc(-c2ccccc2Br)s1. The molecule has 1 nitrogen and oxygen atoms in total. The van der Waals surface area contributed by atoms with Crippen molar-refractivity contribution in [2.45, 2.75) is 19.9 Å². The summed E-state index contributed by atoms with van der Waals surface area (Å²) < 4.78 is 1.13. The van der Waals surface area contributed by atoms with E-state index in [2.05, 4.69) is 60.1 Å². The van der Waals surface area contributed by atoms with Gasteiger partial charge in [-0.05, 0) is 24.1 Å². The summed E-state index contributed by atoms with van der Waals surface area (Å²) in [6.45, 7) is 4.31. The Balaban J connectivity index is 2.34. The van der Waals surface area contributed by atoms with E-state index >= 15 is 0 Å². The summed E-state index contributed by atoms with van der Waals surface area (Å²) in [6, 6.07) is 12.7. The van der Waals surface area contributed by atoms with Crippen molar-refractivity contribution in [3.05, 3.63) is 45.7 Å². The van der Waals surface area contributed by atoms with Gasteiger partial charge in [0.25, 0.3) is 0 Å². The minimum atomic E-state index is 0.135. The van der Waals surface area contributed by atoms with Gasteiger partial charge in [-0.25, -0.2) is 0 Å². The number of rotatable bonds is 3. The zero-order valence-electron chi connectivity index (χ0n) is 9.98. The summed E-state index contributed by atoms with van der Waals surface area (Å²) in [5, 5.41) is 0. The van der Waals surface area contributed by atoms with Gasteiger partial charge in [-0.1, -0.05) is 48.0 Å². The van der Waals surface area contributed by atoms with Gasteiger partial charge in [0.05, 0.1) is 0 Å². The van der Waals surface area contributed by atoms with Crippen LogP contribution in [-0.2, 0) is 0 Å². The molecule has 1 aromatic heterocycles. The van der Waals surface area contributed by atoms with E-state index in [-0.39, 0.29) is 6.04 Å². The quantitative estimate of drug-likeness (QED) is 0.863. The Bertz CT molecular complexity index is 504. The molecule has 1 heterocycles. The average Bonchev–Trinajstić information content (AvgIpc) is 2.77. The van der Waals surface area contributed by atoms with E-state index in [1.807, 2.05) is 6.07 Å². The molecule has 1 unspecified atom stereocenters. The number of benzene rings is 1. The minimum absolute atomic E-state index is 0.135. The molecule has 1 aromatic carbocycles. The number of hydrogen-bond acceptors (Lipinski definition) is 2. The van der Waals surface area contributed by atoms with E-state index < -0.39 is 0 Å². The highest BCUT2D eigenvalue weighted by Gasteiger charge is 2.14. The molecule has 2 N–H and O–H groups in total. The third kappa shape index (κ3) is 2.79. The van der Waals surface area contributed by atoms with E-state index in [4.69, 9.17) is 5.73 Å². The van der Waals surface area contributed by atoms with Crippen LogP contribution < -0.4 is 5.73 Å². The van der Waals surface area contributed by atoms with Crippen LogP contribution in [0.15, 0.2) is 40.9 Å². The summed E-state index contributed by atoms with van der Waals surface area (Å²) in [7, 11) is 0. The second-order valence-corrected chi connectivity index (χ2v) is 6.42. The molecule has 17 heavy (non-hydrogen) atoms. The molecule has 0 radical (unpaired) electrons. The first-order chi connectivity index (χ1) is 8.09. The lowest BCUT2D eigenvalue weighted by Gasteiger charge is -2.12. The lowest BCUT2D eigenvalue weighted by Crippen LogP contribution is -2.14. The molecule has 90 valence electrons. The molecule has 0 aliphatic heterocycles. The summed E-state index contributed by atoms with van der Waals surface area (Å²) in [5.74, 6) is 0.473. The molecular weight excluding hydrogens is 294 g/mol. The number of nitrogens with two attached hydrogens (primary N) is 1. The molecule has 2 rings (SSSR count). The van der Waals surface area contributed by atoms with Crippen LogP contribution in [0.4, 0.5) is 0 Å². The van der Waals surface area contributed by atoms with Crippen molar-refractivity contribution < 1.29 is 0 Å². The monoisotopic (exact) mass is 309 g/mol. The number of hydrogen-bond donors (Lipinski definition) is 1. The van der Waals surface area contributed by atoms with Crippen LogP contribution in [0, 0.1) is 5.92 Å². The zero-order chi connectivity index (χ0) is 12.4. The van der Waals surface area contributed by atoms with Crippen molar-refractivity contribution in [3.63, 3.8) is 0 Å². The highest BCUT2D eigenvalue weighted by atomic mass is 79.9. The lowest BCUT2D eigenvalue weighted by atomic mass is 10.0. The summed E-state index contributed by atoms with van der Waals surface area (Å²) in [4.78, 5) is 2.52. The lowest BCUT2D eigenvalue weighted by molar-refractivity contribution is 0.521. The highest BCUT2D eigenvalue weighted by molar-refractivity contribution is 9.10. The molecule has 2 aromatic rings. The van der Waals surface area contributed by atoms with Crippen LogP contribution in [0.5, 0.6) is 0 Å². The molecule has 0 amide bonds. The summed E-state index contributed by atoms with van der Waals surface area (Å²) >= 11 is 5.37. The third-order valence-corrected chi connectivity index (χ3v) is 4.72. The van der Waals surface area contributed by atoms with Crippen LogP contribution >= 0.6 is 27.3 Å². The highest BCUT2D eigenvalue weighted by Crippen LogP contribution is 2.36. The number of thiophene rings is 1. The van der Waals surface area contributed by atoms with Crippen molar-refractivity contribution in [2.24, 2.45) is 11.7 Å². The third-order valence-electron chi connectivity index (χ3n) is 2.81. The molecule has 0 saturated heterocycles. The molecule has 3 heteroatoms. The van der Waals surface area contributed by atoms with Crippen LogP contribution in [0.25, 0.3) is 10.4 Å². The Hall–Kier alpha value is -0.640. The molecule has 0 fully saturated rings. The first-order valence-corrected chi connectivity index (χ1v) is 7.30. The van der Waals surface area contributed by atoms with Gasteiger partial charge in [0.1, 0.15) is 0 Å². The van der Waals surface area contributed by atoms with Gasteiger partial charge in [0, 0.05) is 25.8 Å². The Morgan fingerprint density at radius 1 is 1.12 bits per heavy atom. The first-order valence-electron chi connectivity index (χ1n) is 5.70. The fourth-order valence-electron chi connectivity index (χ4n) is 1.67. The normalized spacial score (nSPS) is 13.0. The second-order valence-electron chi connectivity index (χ2n) is 4.45. The Morgan fingerprint density at radius 3 is 2.47 bits per heavy atom. The van der Waals surface area contributed by atoms with Gasteiger partial charge >= 0.3 is 0 Å². The largest absolute Gasteiger partial charge is 0.323 e. The molecule has 0 spiro atoms. The van der Waals surface area contributed by atoms with E-state index in [1.165, 1.54) is 15.3 Å². The van der Waals surface area contributed by atoms with E-state index in [1.54, 1.807) is 11.3 Å². The van der Waals surface area contributed by atoms with Crippen molar-refractivity contribution in [1.82, 2.24) is 0 Å². The van der Waals surface area contributed by atoms with Gasteiger partial charge < -0.3 is 5.73 Å². The fraction of sp³-hybridized carbons (Fsp3) is 0.286. The van der Waals surface area contributed by atoms with Crippen molar-refractivity contribution in [3.8, 4) is 10.4 Å². The zero-order valence-corrected chi connectivity index (χ0v) is 12.4. The van der Waals surface area contributed by atoms with Gasteiger partial charge in [0.15, 0.2) is 0 Å². The van der Waals surface area contributed by atoms with E-state index in [9.17, 15) is 0 Å². The maximum absolute atomic E-state index is 6.17.